The lowest BCUT2D eigenvalue weighted by molar-refractivity contribution is -0.137. The smallest absolute Gasteiger partial charge is 0.383 e. The number of hydrogen-bond donors (Lipinski definition) is 2. The molecule has 0 atom stereocenters. The highest BCUT2D eigenvalue weighted by Crippen LogP contribution is 2.39. The van der Waals surface area contributed by atoms with Crippen molar-refractivity contribution in [3.05, 3.63) is 23.3 Å². The SMILES string of the molecule is N=CSc1cc(C(F)(F)F)cc2c1NCCSC2. The second-order valence-electron chi connectivity index (χ2n) is 3.72. The van der Waals surface area contributed by atoms with Crippen LogP contribution in [0, 0.1) is 5.41 Å². The Morgan fingerprint density at radius 3 is 2.83 bits per heavy atom. The molecule has 0 aliphatic carbocycles. The Bertz CT molecular complexity index is 460. The third-order valence-corrected chi connectivity index (χ3v) is 4.20. The van der Waals surface area contributed by atoms with Crippen molar-refractivity contribution >= 4 is 34.8 Å². The van der Waals surface area contributed by atoms with E-state index in [-0.39, 0.29) is 0 Å². The molecule has 1 aromatic rings. The van der Waals surface area contributed by atoms with Gasteiger partial charge in [0.15, 0.2) is 0 Å². The van der Waals surface area contributed by atoms with E-state index in [1.165, 1.54) is 6.07 Å². The van der Waals surface area contributed by atoms with E-state index >= 15 is 0 Å². The van der Waals surface area contributed by atoms with Gasteiger partial charge in [-0.15, -0.1) is 0 Å². The number of benzene rings is 1. The first-order valence-corrected chi connectivity index (χ1v) is 7.27. The molecule has 18 heavy (non-hydrogen) atoms. The molecule has 0 saturated carbocycles. The lowest BCUT2D eigenvalue weighted by Crippen LogP contribution is -2.09. The Kier molecular flexibility index (Phi) is 4.11. The summed E-state index contributed by atoms with van der Waals surface area (Å²) in [5.74, 6) is 1.43. The summed E-state index contributed by atoms with van der Waals surface area (Å²) < 4.78 is 38.4. The van der Waals surface area contributed by atoms with Gasteiger partial charge in [0, 0.05) is 22.9 Å². The molecule has 2 rings (SSSR count). The van der Waals surface area contributed by atoms with E-state index in [9.17, 15) is 13.2 Å². The quantitative estimate of drug-likeness (QED) is 0.490. The van der Waals surface area contributed by atoms with E-state index in [4.69, 9.17) is 5.41 Å². The lowest BCUT2D eigenvalue weighted by atomic mass is 10.1. The summed E-state index contributed by atoms with van der Waals surface area (Å²) in [4.78, 5) is 0.470. The number of halogens is 3. The minimum absolute atomic E-state index is 0.470. The van der Waals surface area contributed by atoms with Crippen molar-refractivity contribution in [3.8, 4) is 0 Å². The Balaban J connectivity index is 2.52. The molecule has 1 heterocycles. The maximum atomic E-state index is 12.8. The van der Waals surface area contributed by atoms with E-state index in [1.807, 2.05) is 0 Å². The molecular weight excluding hydrogens is 281 g/mol. The third kappa shape index (κ3) is 2.95. The molecule has 0 spiro atoms. The van der Waals surface area contributed by atoms with Gasteiger partial charge < -0.3 is 10.7 Å². The fourth-order valence-electron chi connectivity index (χ4n) is 1.74. The van der Waals surface area contributed by atoms with Gasteiger partial charge in [-0.05, 0) is 17.7 Å². The summed E-state index contributed by atoms with van der Waals surface area (Å²) in [7, 11) is 0. The van der Waals surface area contributed by atoms with Crippen molar-refractivity contribution in [1.82, 2.24) is 0 Å². The van der Waals surface area contributed by atoms with Crippen LogP contribution in [0.15, 0.2) is 17.0 Å². The Labute approximate surface area is 111 Å². The molecule has 7 heteroatoms. The van der Waals surface area contributed by atoms with Gasteiger partial charge in [-0.2, -0.15) is 24.9 Å². The predicted octanol–water partition coefficient (Wildman–Crippen LogP) is 4.06. The lowest BCUT2D eigenvalue weighted by Gasteiger charge is -2.15. The van der Waals surface area contributed by atoms with Crippen LogP contribution in [0.1, 0.15) is 11.1 Å². The standard InChI is InChI=1S/C11H11F3N2S2/c12-11(13,14)8-3-7-5-17-2-1-16-10(7)9(4-8)18-6-15/h3-4,6,15-16H,1-2,5H2. The van der Waals surface area contributed by atoms with Crippen LogP contribution in [0.5, 0.6) is 0 Å². The summed E-state index contributed by atoms with van der Waals surface area (Å²) in [6.45, 7) is 0.731. The van der Waals surface area contributed by atoms with Crippen molar-refractivity contribution in [2.24, 2.45) is 0 Å². The molecule has 0 aromatic heterocycles. The van der Waals surface area contributed by atoms with Crippen LogP contribution in [-0.4, -0.2) is 17.8 Å². The van der Waals surface area contributed by atoms with Crippen LogP contribution < -0.4 is 5.32 Å². The molecule has 98 valence electrons. The third-order valence-electron chi connectivity index (χ3n) is 2.50. The summed E-state index contributed by atoms with van der Waals surface area (Å²) in [6.07, 6.45) is -4.34. The van der Waals surface area contributed by atoms with Gasteiger partial charge in [0.05, 0.1) is 16.8 Å². The van der Waals surface area contributed by atoms with Crippen LogP contribution in [0.2, 0.25) is 0 Å². The molecule has 0 bridgehead atoms. The summed E-state index contributed by atoms with van der Waals surface area (Å²) in [6, 6.07) is 2.31. The highest BCUT2D eigenvalue weighted by atomic mass is 32.2. The van der Waals surface area contributed by atoms with Crippen molar-refractivity contribution in [3.63, 3.8) is 0 Å². The number of alkyl halides is 3. The Morgan fingerprint density at radius 2 is 2.17 bits per heavy atom. The molecule has 1 aliphatic heterocycles. The van der Waals surface area contributed by atoms with Gasteiger partial charge in [0.1, 0.15) is 0 Å². The van der Waals surface area contributed by atoms with Crippen LogP contribution in [0.25, 0.3) is 0 Å². The molecule has 2 N–H and O–H groups in total. The number of anilines is 1. The zero-order valence-electron chi connectivity index (χ0n) is 9.30. The van der Waals surface area contributed by atoms with Crippen molar-refractivity contribution < 1.29 is 13.2 Å². The van der Waals surface area contributed by atoms with E-state index in [0.29, 0.717) is 16.2 Å². The van der Waals surface area contributed by atoms with Gasteiger partial charge in [-0.3, -0.25) is 0 Å². The van der Waals surface area contributed by atoms with Gasteiger partial charge in [0.2, 0.25) is 0 Å². The molecule has 2 nitrogen and oxygen atoms in total. The van der Waals surface area contributed by atoms with Crippen LogP contribution in [-0.2, 0) is 11.9 Å². The molecule has 0 amide bonds. The van der Waals surface area contributed by atoms with Gasteiger partial charge in [-0.1, -0.05) is 11.8 Å². The number of thioether (sulfide) groups is 2. The van der Waals surface area contributed by atoms with E-state index in [1.54, 1.807) is 11.8 Å². The van der Waals surface area contributed by atoms with Crippen molar-refractivity contribution in [2.75, 3.05) is 17.6 Å². The summed E-state index contributed by atoms with van der Waals surface area (Å²) in [5, 5.41) is 10.2. The van der Waals surface area contributed by atoms with Crippen LogP contribution in [0.3, 0.4) is 0 Å². The molecule has 0 radical (unpaired) electrons. The highest BCUT2D eigenvalue weighted by molar-refractivity contribution is 8.12. The van der Waals surface area contributed by atoms with Gasteiger partial charge in [-0.25, -0.2) is 0 Å². The van der Waals surface area contributed by atoms with Gasteiger partial charge >= 0.3 is 6.18 Å². The number of hydrogen-bond acceptors (Lipinski definition) is 4. The van der Waals surface area contributed by atoms with E-state index in [2.05, 4.69) is 5.32 Å². The summed E-state index contributed by atoms with van der Waals surface area (Å²) >= 11 is 2.61. The Morgan fingerprint density at radius 1 is 1.39 bits per heavy atom. The zero-order chi connectivity index (χ0) is 13.2. The average molecular weight is 292 g/mol. The normalized spacial score (nSPS) is 15.5. The summed E-state index contributed by atoms with van der Waals surface area (Å²) in [5.41, 5.74) is 1.81. The first-order chi connectivity index (χ1) is 8.52. The second kappa shape index (κ2) is 5.44. The van der Waals surface area contributed by atoms with E-state index in [0.717, 1.165) is 41.4 Å². The van der Waals surface area contributed by atoms with Crippen LogP contribution in [0.4, 0.5) is 18.9 Å². The minimum Gasteiger partial charge on any atom is -0.383 e. The number of rotatable bonds is 2. The Hall–Kier alpha value is -0.820. The van der Waals surface area contributed by atoms with Crippen molar-refractivity contribution in [1.29, 1.82) is 5.41 Å². The fraction of sp³-hybridized carbons (Fsp3) is 0.364. The van der Waals surface area contributed by atoms with E-state index < -0.39 is 11.7 Å². The fourth-order valence-corrected chi connectivity index (χ4v) is 3.22. The topological polar surface area (TPSA) is 35.9 Å². The maximum Gasteiger partial charge on any atom is 0.416 e. The highest BCUT2D eigenvalue weighted by Gasteiger charge is 2.32. The minimum atomic E-state index is -4.34. The van der Waals surface area contributed by atoms with Crippen molar-refractivity contribution in [2.45, 2.75) is 16.8 Å². The molecular formula is C11H11F3N2S2. The zero-order valence-corrected chi connectivity index (χ0v) is 10.9. The molecule has 0 saturated heterocycles. The largest absolute Gasteiger partial charge is 0.416 e. The van der Waals surface area contributed by atoms with Gasteiger partial charge in [0.25, 0.3) is 0 Å². The van der Waals surface area contributed by atoms with Crippen LogP contribution >= 0.6 is 23.5 Å². The first kappa shape index (κ1) is 13.6. The first-order valence-electron chi connectivity index (χ1n) is 5.23. The number of nitrogens with one attached hydrogen (secondary N) is 2. The average Bonchev–Trinajstić information content (AvgIpc) is 2.53. The molecule has 1 aromatic carbocycles. The maximum absolute atomic E-state index is 12.8. The second-order valence-corrected chi connectivity index (χ2v) is 5.74. The molecule has 1 aliphatic rings. The molecule has 0 unspecified atom stereocenters. The number of fused-ring (bicyclic) bond motifs is 1. The predicted molar refractivity (Wildman–Crippen MR) is 70.7 cm³/mol. The monoisotopic (exact) mass is 292 g/mol. The molecule has 0 fully saturated rings.